The smallest absolute Gasteiger partial charge is 0.113 e. The van der Waals surface area contributed by atoms with E-state index >= 15 is 0 Å². The van der Waals surface area contributed by atoms with Gasteiger partial charge in [-0.25, -0.2) is 0 Å². The van der Waals surface area contributed by atoms with Crippen molar-refractivity contribution in [3.05, 3.63) is 24.0 Å². The molecule has 1 aliphatic rings. The highest BCUT2D eigenvalue weighted by atomic mass is 16.3. The van der Waals surface area contributed by atoms with Crippen molar-refractivity contribution < 1.29 is 5.11 Å². The van der Waals surface area contributed by atoms with Gasteiger partial charge in [0.25, 0.3) is 0 Å². The molecule has 0 saturated heterocycles. The van der Waals surface area contributed by atoms with Crippen LogP contribution in [0.4, 0.5) is 0 Å². The molecule has 2 atom stereocenters. The minimum Gasteiger partial charge on any atom is -0.508 e. The second kappa shape index (κ2) is 2.13. The number of allylic oxidation sites excluding steroid dienone is 1. The maximum Gasteiger partial charge on any atom is 0.113 e. The molecular formula is C8H13NO. The van der Waals surface area contributed by atoms with Crippen molar-refractivity contribution in [1.82, 2.24) is 0 Å². The fourth-order valence-electron chi connectivity index (χ4n) is 0.948. The fourth-order valence-corrected chi connectivity index (χ4v) is 0.948. The molecule has 0 aromatic carbocycles. The molecule has 56 valence electrons. The van der Waals surface area contributed by atoms with Gasteiger partial charge in [0.05, 0.1) is 0 Å². The Morgan fingerprint density at radius 3 is 2.70 bits per heavy atom. The molecule has 1 rings (SSSR count). The first-order valence-electron chi connectivity index (χ1n) is 3.41. The topological polar surface area (TPSA) is 46.2 Å². The van der Waals surface area contributed by atoms with Crippen molar-refractivity contribution in [2.75, 3.05) is 0 Å². The Labute approximate surface area is 61.0 Å². The molecular weight excluding hydrogens is 126 g/mol. The molecule has 0 bridgehead atoms. The summed E-state index contributed by atoms with van der Waals surface area (Å²) in [6, 6.07) is 0. The molecule has 0 aliphatic heterocycles. The lowest BCUT2D eigenvalue weighted by Gasteiger charge is -2.28. The van der Waals surface area contributed by atoms with Crippen LogP contribution in [0, 0.1) is 5.92 Å². The van der Waals surface area contributed by atoms with E-state index in [4.69, 9.17) is 10.8 Å². The number of hydrogen-bond acceptors (Lipinski definition) is 2. The van der Waals surface area contributed by atoms with Crippen molar-refractivity contribution in [3.63, 3.8) is 0 Å². The number of hydrogen-bond donors (Lipinski definition) is 2. The zero-order valence-corrected chi connectivity index (χ0v) is 6.33. The largest absolute Gasteiger partial charge is 0.508 e. The Morgan fingerprint density at radius 1 is 1.70 bits per heavy atom. The third-order valence-corrected chi connectivity index (χ3v) is 2.00. The molecule has 1 aliphatic carbocycles. The first kappa shape index (κ1) is 7.35. The van der Waals surface area contributed by atoms with E-state index in [2.05, 4.69) is 0 Å². The monoisotopic (exact) mass is 139 g/mol. The van der Waals surface area contributed by atoms with Gasteiger partial charge in [0.15, 0.2) is 0 Å². The summed E-state index contributed by atoms with van der Waals surface area (Å²) in [5, 5.41) is 9.06. The van der Waals surface area contributed by atoms with E-state index < -0.39 is 5.54 Å². The fraction of sp³-hybridized carbons (Fsp3) is 0.500. The van der Waals surface area contributed by atoms with Crippen LogP contribution >= 0.6 is 0 Å². The Kier molecular flexibility index (Phi) is 1.57. The van der Waals surface area contributed by atoms with Crippen LogP contribution in [0.25, 0.3) is 0 Å². The van der Waals surface area contributed by atoms with Crippen molar-refractivity contribution in [2.24, 2.45) is 11.7 Å². The van der Waals surface area contributed by atoms with E-state index in [1.165, 1.54) is 0 Å². The number of aliphatic hydroxyl groups excluding tert-OH is 1. The van der Waals surface area contributed by atoms with Gasteiger partial charge in [-0.2, -0.15) is 0 Å². The molecule has 2 nitrogen and oxygen atoms in total. The maximum absolute atomic E-state index is 9.06. The molecule has 0 aromatic rings. The molecule has 0 amide bonds. The van der Waals surface area contributed by atoms with Crippen LogP contribution in [-0.4, -0.2) is 10.6 Å². The molecule has 0 radical (unpaired) electrons. The highest BCUT2D eigenvalue weighted by Gasteiger charge is 2.24. The first-order chi connectivity index (χ1) is 4.52. The predicted molar refractivity (Wildman–Crippen MR) is 41.6 cm³/mol. The summed E-state index contributed by atoms with van der Waals surface area (Å²) in [6.07, 6.45) is 5.27. The predicted octanol–water partition coefficient (Wildman–Crippen LogP) is 1.35. The SMILES string of the molecule is CC1C=CC(O)=CC1(C)N. The molecule has 0 fully saturated rings. The highest BCUT2D eigenvalue weighted by Crippen LogP contribution is 2.22. The Hall–Kier alpha value is -0.760. The van der Waals surface area contributed by atoms with E-state index in [1.54, 1.807) is 12.2 Å². The average molecular weight is 139 g/mol. The summed E-state index contributed by atoms with van der Waals surface area (Å²) >= 11 is 0. The van der Waals surface area contributed by atoms with Crippen LogP contribution in [-0.2, 0) is 0 Å². The number of rotatable bonds is 0. The summed E-state index contributed by atoms with van der Waals surface area (Å²) < 4.78 is 0. The van der Waals surface area contributed by atoms with Crippen LogP contribution in [0.3, 0.4) is 0 Å². The Bertz CT molecular complexity index is 191. The first-order valence-corrected chi connectivity index (χ1v) is 3.41. The van der Waals surface area contributed by atoms with Gasteiger partial charge in [-0.3, -0.25) is 0 Å². The normalized spacial score (nSPS) is 39.5. The lowest BCUT2D eigenvalue weighted by atomic mass is 9.84. The summed E-state index contributed by atoms with van der Waals surface area (Å²) in [5.74, 6) is 0.562. The molecule has 0 aromatic heterocycles. The Balaban J connectivity index is 2.88. The van der Waals surface area contributed by atoms with Gasteiger partial charge in [0, 0.05) is 5.54 Å². The third-order valence-electron chi connectivity index (χ3n) is 2.00. The van der Waals surface area contributed by atoms with E-state index in [-0.39, 0.29) is 5.76 Å². The zero-order valence-electron chi connectivity index (χ0n) is 6.33. The van der Waals surface area contributed by atoms with Gasteiger partial charge in [0.2, 0.25) is 0 Å². The van der Waals surface area contributed by atoms with Crippen LogP contribution in [0.1, 0.15) is 13.8 Å². The van der Waals surface area contributed by atoms with Crippen LogP contribution < -0.4 is 5.73 Å². The minimum absolute atomic E-state index is 0.267. The number of nitrogens with two attached hydrogens (primary N) is 1. The Morgan fingerprint density at radius 2 is 2.30 bits per heavy atom. The second-order valence-electron chi connectivity index (χ2n) is 3.08. The summed E-state index contributed by atoms with van der Waals surface area (Å²) in [6.45, 7) is 3.93. The van der Waals surface area contributed by atoms with E-state index in [0.29, 0.717) is 5.92 Å². The van der Waals surface area contributed by atoms with Crippen molar-refractivity contribution in [1.29, 1.82) is 0 Å². The molecule has 2 unspecified atom stereocenters. The van der Waals surface area contributed by atoms with Gasteiger partial charge in [-0.1, -0.05) is 13.0 Å². The van der Waals surface area contributed by atoms with E-state index in [1.807, 2.05) is 19.9 Å². The highest BCUT2D eigenvalue weighted by molar-refractivity contribution is 5.25. The third kappa shape index (κ3) is 1.21. The maximum atomic E-state index is 9.06. The van der Waals surface area contributed by atoms with Gasteiger partial charge in [-0.15, -0.1) is 0 Å². The second-order valence-corrected chi connectivity index (χ2v) is 3.08. The zero-order chi connectivity index (χ0) is 7.78. The quantitative estimate of drug-likeness (QED) is 0.532. The lowest BCUT2D eigenvalue weighted by Crippen LogP contribution is -2.41. The molecule has 3 N–H and O–H groups in total. The van der Waals surface area contributed by atoms with Crippen molar-refractivity contribution >= 4 is 0 Å². The molecule has 2 heteroatoms. The van der Waals surface area contributed by atoms with Crippen molar-refractivity contribution in [2.45, 2.75) is 19.4 Å². The van der Waals surface area contributed by atoms with Crippen LogP contribution in [0.5, 0.6) is 0 Å². The van der Waals surface area contributed by atoms with E-state index in [0.717, 1.165) is 0 Å². The molecule has 10 heavy (non-hydrogen) atoms. The summed E-state index contributed by atoms with van der Waals surface area (Å²) in [4.78, 5) is 0. The van der Waals surface area contributed by atoms with E-state index in [9.17, 15) is 0 Å². The minimum atomic E-state index is -0.390. The molecule has 0 saturated carbocycles. The van der Waals surface area contributed by atoms with Crippen LogP contribution in [0.2, 0.25) is 0 Å². The van der Waals surface area contributed by atoms with Gasteiger partial charge < -0.3 is 10.8 Å². The van der Waals surface area contributed by atoms with Gasteiger partial charge in [0.1, 0.15) is 5.76 Å². The summed E-state index contributed by atoms with van der Waals surface area (Å²) in [7, 11) is 0. The van der Waals surface area contributed by atoms with Gasteiger partial charge in [-0.05, 0) is 25.0 Å². The number of aliphatic hydroxyl groups is 1. The average Bonchev–Trinajstić information content (AvgIpc) is 1.78. The van der Waals surface area contributed by atoms with Gasteiger partial charge >= 0.3 is 0 Å². The van der Waals surface area contributed by atoms with Crippen molar-refractivity contribution in [3.8, 4) is 0 Å². The molecule has 0 spiro atoms. The van der Waals surface area contributed by atoms with Crippen LogP contribution in [0.15, 0.2) is 24.0 Å². The molecule has 0 heterocycles. The standard InChI is InChI=1S/C8H13NO/c1-6-3-4-7(10)5-8(6,2)9/h3-6,10H,9H2,1-2H3. The summed E-state index contributed by atoms with van der Waals surface area (Å²) in [5.41, 5.74) is 5.43. The lowest BCUT2D eigenvalue weighted by molar-refractivity contribution is 0.383.